The largest absolute Gasteiger partial charge is 0.502 e. The monoisotopic (exact) mass is 700 g/mol. The third-order valence-electron chi connectivity index (χ3n) is 8.08. The Morgan fingerprint density at radius 3 is 1.73 bits per heavy atom. The number of hydrogen-bond donors (Lipinski definition) is 4. The van der Waals surface area contributed by atoms with Gasteiger partial charge in [0, 0.05) is 5.56 Å². The number of carboxylic acid groups (broad SMARTS) is 2. The van der Waals surface area contributed by atoms with Crippen LogP contribution in [-0.4, -0.2) is 52.2 Å². The molecule has 16 heteroatoms. The number of carbonyl (C=O) groups is 2. The van der Waals surface area contributed by atoms with Gasteiger partial charge < -0.3 is 29.3 Å². The van der Waals surface area contributed by atoms with Gasteiger partial charge in [-0.2, -0.15) is 0 Å². The molecule has 0 saturated carbocycles. The van der Waals surface area contributed by atoms with E-state index in [-0.39, 0.29) is 38.6 Å². The number of oxazole rings is 2. The zero-order valence-corrected chi connectivity index (χ0v) is 26.1. The Balaban J connectivity index is 0.000000162. The highest BCUT2D eigenvalue weighted by Crippen LogP contribution is 2.43. The summed E-state index contributed by atoms with van der Waals surface area (Å²) in [6.45, 7) is 0. The van der Waals surface area contributed by atoms with Crippen molar-refractivity contribution < 1.29 is 48.7 Å². The molecule has 8 aromatic rings. The van der Waals surface area contributed by atoms with Crippen molar-refractivity contribution in [2.45, 2.75) is 0 Å². The summed E-state index contributed by atoms with van der Waals surface area (Å²) in [6.07, 6.45) is 0. The molecular weight excluding hydrogens is 680 g/mol. The molecule has 8 rings (SSSR count). The molecule has 4 N–H and O–H groups in total. The Hall–Kier alpha value is -7.88. The first-order chi connectivity index (χ1) is 24.9. The van der Waals surface area contributed by atoms with Gasteiger partial charge in [0.05, 0.1) is 31.7 Å². The Bertz CT molecular complexity index is 2740. The normalized spacial score (nSPS) is 11.1. The Morgan fingerprint density at radius 2 is 1.15 bits per heavy atom. The lowest BCUT2D eigenvalue weighted by molar-refractivity contribution is -0.384. The van der Waals surface area contributed by atoms with Crippen LogP contribution in [0.1, 0.15) is 20.7 Å². The number of aromatic nitrogens is 2. The first kappa shape index (κ1) is 32.7. The molecule has 6 aromatic carbocycles. The fraction of sp³-hybridized carbons (Fsp3) is 0. The van der Waals surface area contributed by atoms with Crippen molar-refractivity contribution in [1.82, 2.24) is 9.97 Å². The van der Waals surface area contributed by atoms with Crippen LogP contribution in [-0.2, 0) is 0 Å². The molecule has 0 radical (unpaired) electrons. The molecular formula is C36H20N4O12. The lowest BCUT2D eigenvalue weighted by Crippen LogP contribution is -2.00. The molecule has 0 amide bonds. The van der Waals surface area contributed by atoms with Gasteiger partial charge in [-0.1, -0.05) is 24.3 Å². The smallest absolute Gasteiger partial charge is 0.339 e. The molecule has 0 spiro atoms. The van der Waals surface area contributed by atoms with E-state index >= 15 is 0 Å². The number of nitro benzene ring substituents is 2. The van der Waals surface area contributed by atoms with Gasteiger partial charge in [-0.25, -0.2) is 19.6 Å². The summed E-state index contributed by atoms with van der Waals surface area (Å²) in [5.74, 6) is -3.76. The van der Waals surface area contributed by atoms with E-state index < -0.39 is 50.2 Å². The van der Waals surface area contributed by atoms with Crippen LogP contribution in [0.5, 0.6) is 11.5 Å². The van der Waals surface area contributed by atoms with Gasteiger partial charge in [-0.3, -0.25) is 20.2 Å². The van der Waals surface area contributed by atoms with Gasteiger partial charge >= 0.3 is 23.3 Å². The first-order valence-electron chi connectivity index (χ1n) is 15.0. The van der Waals surface area contributed by atoms with Crippen LogP contribution in [0.4, 0.5) is 11.4 Å². The summed E-state index contributed by atoms with van der Waals surface area (Å²) in [5.41, 5.74) is 1.04. The molecule has 0 aliphatic rings. The summed E-state index contributed by atoms with van der Waals surface area (Å²) in [4.78, 5) is 52.4. The molecule has 2 aromatic heterocycles. The molecule has 2 heterocycles. The van der Waals surface area contributed by atoms with E-state index in [1.54, 1.807) is 48.5 Å². The molecule has 0 aliphatic carbocycles. The van der Waals surface area contributed by atoms with Crippen LogP contribution in [0.15, 0.2) is 106 Å². The zero-order valence-electron chi connectivity index (χ0n) is 26.1. The molecule has 0 saturated heterocycles. The summed E-state index contributed by atoms with van der Waals surface area (Å²) in [7, 11) is 0. The minimum Gasteiger partial charge on any atom is -0.502 e. The summed E-state index contributed by atoms with van der Waals surface area (Å²) < 4.78 is 11.3. The number of fused-ring (bicyclic) bond motifs is 4. The van der Waals surface area contributed by atoms with Crippen LogP contribution in [0.3, 0.4) is 0 Å². The maximum atomic E-state index is 11.5. The Labute approximate surface area is 288 Å². The predicted octanol–water partition coefficient (Wildman–Crippen LogP) is 7.92. The maximum absolute atomic E-state index is 11.5. The number of aromatic hydroxyl groups is 2. The maximum Gasteiger partial charge on any atom is 0.339 e. The van der Waals surface area contributed by atoms with Crippen LogP contribution in [0.25, 0.3) is 66.7 Å². The Kier molecular flexibility index (Phi) is 7.87. The average Bonchev–Trinajstić information content (AvgIpc) is 3.75. The molecule has 16 nitrogen and oxygen atoms in total. The summed E-state index contributed by atoms with van der Waals surface area (Å²) in [6, 6.07) is 25.1. The number of hydrogen-bond acceptors (Lipinski definition) is 12. The number of benzene rings is 6. The highest BCUT2D eigenvalue weighted by atomic mass is 16.6. The lowest BCUT2D eigenvalue weighted by Gasteiger charge is -2.07. The number of carboxylic acids is 2. The molecule has 0 atom stereocenters. The highest BCUT2D eigenvalue weighted by molar-refractivity contribution is 6.04. The molecule has 256 valence electrons. The van der Waals surface area contributed by atoms with E-state index in [0.29, 0.717) is 33.7 Å². The number of rotatable bonds is 6. The fourth-order valence-corrected chi connectivity index (χ4v) is 5.70. The number of nitrogens with zero attached hydrogens (tertiary/aromatic N) is 4. The van der Waals surface area contributed by atoms with Crippen molar-refractivity contribution in [3.63, 3.8) is 0 Å². The van der Waals surface area contributed by atoms with E-state index in [1.165, 1.54) is 36.4 Å². The van der Waals surface area contributed by atoms with Gasteiger partial charge in [0.15, 0.2) is 11.2 Å². The minimum atomic E-state index is -1.46. The lowest BCUT2D eigenvalue weighted by atomic mass is 10.0. The molecule has 0 fully saturated rings. The van der Waals surface area contributed by atoms with E-state index in [2.05, 4.69) is 9.97 Å². The summed E-state index contributed by atoms with van der Waals surface area (Å²) >= 11 is 0. The first-order valence-corrected chi connectivity index (χ1v) is 15.0. The third-order valence-corrected chi connectivity index (χ3v) is 8.08. The van der Waals surface area contributed by atoms with Crippen LogP contribution in [0, 0.1) is 20.2 Å². The SMILES string of the molecule is O=C(O)c1cc2cc(-c3nc4ccccc4o3)ccc2c([N+](=O)[O-])c1O.O=C(O)c1ccc2c([N+](=O)[O-])c(O)c(-c3nc4ccccc4o3)cc2c1. The standard InChI is InChI=1S/2C18H10N2O6/c21-16-12(17-19-13-3-1-2-4-14(13)26-17)8-10-7-9(18(22)23)5-6-11(10)15(16)20(24)25;21-16-12(18(22)23)8-10-7-9(5-6-11(10)15(16)20(24)25)17-19-13-3-1-2-4-14(13)26-17/h2*1-8,21H,(H,22,23). The van der Waals surface area contributed by atoms with Crippen LogP contribution < -0.4 is 0 Å². The zero-order chi connectivity index (χ0) is 36.8. The number of nitro groups is 2. The molecule has 0 unspecified atom stereocenters. The van der Waals surface area contributed by atoms with E-state index in [0.717, 1.165) is 0 Å². The van der Waals surface area contributed by atoms with Gasteiger partial charge in [-0.05, 0) is 83.6 Å². The van der Waals surface area contributed by atoms with Crippen molar-refractivity contribution in [2.75, 3.05) is 0 Å². The van der Waals surface area contributed by atoms with Gasteiger partial charge in [0.25, 0.3) is 0 Å². The second-order valence-corrected chi connectivity index (χ2v) is 11.2. The van der Waals surface area contributed by atoms with Gasteiger partial charge in [-0.15, -0.1) is 0 Å². The van der Waals surface area contributed by atoms with Crippen molar-refractivity contribution in [3.05, 3.63) is 128 Å². The van der Waals surface area contributed by atoms with Gasteiger partial charge in [0.2, 0.25) is 23.3 Å². The van der Waals surface area contributed by atoms with Crippen molar-refractivity contribution >= 4 is 67.1 Å². The van der Waals surface area contributed by atoms with Crippen molar-refractivity contribution in [2.24, 2.45) is 0 Å². The molecule has 0 aliphatic heterocycles. The fourth-order valence-electron chi connectivity index (χ4n) is 5.70. The predicted molar refractivity (Wildman–Crippen MR) is 184 cm³/mol. The number of phenolic OH excluding ortho intramolecular Hbond substituents is 1. The topological polar surface area (TPSA) is 253 Å². The summed E-state index contributed by atoms with van der Waals surface area (Å²) in [5, 5.41) is 62.4. The van der Waals surface area contributed by atoms with E-state index in [9.17, 15) is 45.1 Å². The second-order valence-electron chi connectivity index (χ2n) is 11.2. The van der Waals surface area contributed by atoms with Crippen LogP contribution >= 0.6 is 0 Å². The van der Waals surface area contributed by atoms with Crippen molar-refractivity contribution in [1.29, 1.82) is 0 Å². The van der Waals surface area contributed by atoms with Crippen molar-refractivity contribution in [3.8, 4) is 34.4 Å². The van der Waals surface area contributed by atoms with E-state index in [4.69, 9.17) is 13.9 Å². The molecule has 52 heavy (non-hydrogen) atoms. The van der Waals surface area contributed by atoms with Crippen LogP contribution in [0.2, 0.25) is 0 Å². The minimum absolute atomic E-state index is 0.00873. The highest BCUT2D eigenvalue weighted by Gasteiger charge is 2.27. The second kappa shape index (κ2) is 12.5. The van der Waals surface area contributed by atoms with E-state index in [1.807, 2.05) is 12.1 Å². The molecule has 0 bridgehead atoms. The Morgan fingerprint density at radius 1 is 0.615 bits per heavy atom. The average molecular weight is 701 g/mol. The third kappa shape index (κ3) is 5.67. The number of aromatic carboxylic acids is 2. The number of para-hydroxylation sites is 4. The van der Waals surface area contributed by atoms with Gasteiger partial charge in [0.1, 0.15) is 16.6 Å². The number of phenols is 2. The quantitative estimate of drug-likeness (QED) is 0.0949.